The molecule has 31 heavy (non-hydrogen) atoms. The molecule has 1 aromatic heterocycles. The number of hydrogen-bond acceptors (Lipinski definition) is 5. The summed E-state index contributed by atoms with van der Waals surface area (Å²) in [6.45, 7) is 6.59. The van der Waals surface area contributed by atoms with E-state index in [-0.39, 0.29) is 34.5 Å². The number of phenolic OH excluding ortho intramolecular Hbond substituents is 1. The summed E-state index contributed by atoms with van der Waals surface area (Å²) < 4.78 is 11.6. The smallest absolute Gasteiger partial charge is 0.290 e. The average Bonchev–Trinajstić information content (AvgIpc) is 2.99. The van der Waals surface area contributed by atoms with Crippen molar-refractivity contribution < 1.29 is 19.1 Å². The summed E-state index contributed by atoms with van der Waals surface area (Å²) in [6, 6.07) is 9.20. The summed E-state index contributed by atoms with van der Waals surface area (Å²) in [5, 5.41) is 10.8. The Balaban J connectivity index is 1.85. The van der Waals surface area contributed by atoms with Crippen LogP contribution < -0.4 is 5.43 Å². The van der Waals surface area contributed by atoms with E-state index in [2.05, 4.69) is 0 Å². The molecule has 1 atom stereocenters. The minimum Gasteiger partial charge on any atom is -0.508 e. The van der Waals surface area contributed by atoms with Crippen LogP contribution in [0.15, 0.2) is 45.6 Å². The molecule has 0 saturated carbocycles. The lowest BCUT2D eigenvalue weighted by Crippen LogP contribution is -2.31. The molecule has 1 aliphatic rings. The Bertz CT molecular complexity index is 1220. The van der Waals surface area contributed by atoms with Gasteiger partial charge in [-0.1, -0.05) is 23.7 Å². The van der Waals surface area contributed by atoms with Crippen LogP contribution >= 0.6 is 11.6 Å². The number of halogens is 1. The van der Waals surface area contributed by atoms with Crippen molar-refractivity contribution in [3.63, 3.8) is 0 Å². The molecular weight excluding hydrogens is 418 g/mol. The lowest BCUT2D eigenvalue weighted by molar-refractivity contribution is 0.0593. The first-order valence-electron chi connectivity index (χ1n) is 10.3. The molecule has 7 heteroatoms. The van der Waals surface area contributed by atoms with E-state index in [0.717, 1.165) is 5.56 Å². The minimum absolute atomic E-state index is 0.0392. The lowest BCUT2D eigenvalue weighted by Gasteiger charge is -2.25. The SMILES string of the molecule is Cc1cc2oc3c(c(=O)c2cc1Cl)[C@@H](c1cccc(O)c1)N(CCCOC(C)C)C3=O. The number of carbonyl (C=O) groups is 1. The zero-order chi connectivity index (χ0) is 22.3. The molecular formula is C24H24ClNO5. The summed E-state index contributed by atoms with van der Waals surface area (Å²) in [6.07, 6.45) is 0.696. The minimum atomic E-state index is -0.658. The van der Waals surface area contributed by atoms with Crippen molar-refractivity contribution in [1.29, 1.82) is 0 Å². The molecule has 1 N–H and O–H groups in total. The Morgan fingerprint density at radius 3 is 2.71 bits per heavy atom. The van der Waals surface area contributed by atoms with Crippen molar-refractivity contribution in [3.8, 4) is 5.75 Å². The highest BCUT2D eigenvalue weighted by molar-refractivity contribution is 6.32. The molecule has 0 saturated heterocycles. The summed E-state index contributed by atoms with van der Waals surface area (Å²) >= 11 is 6.25. The first-order valence-corrected chi connectivity index (χ1v) is 10.6. The van der Waals surface area contributed by atoms with Crippen molar-refractivity contribution in [3.05, 3.63) is 74.1 Å². The molecule has 0 aliphatic carbocycles. The van der Waals surface area contributed by atoms with Gasteiger partial charge in [-0.3, -0.25) is 9.59 Å². The largest absolute Gasteiger partial charge is 0.508 e. The van der Waals surface area contributed by atoms with Crippen LogP contribution in [0.5, 0.6) is 5.75 Å². The molecule has 0 bridgehead atoms. The molecule has 162 valence electrons. The number of carbonyl (C=O) groups excluding carboxylic acids is 1. The summed E-state index contributed by atoms with van der Waals surface area (Å²) in [7, 11) is 0. The number of amides is 1. The van der Waals surface area contributed by atoms with E-state index in [0.29, 0.717) is 41.1 Å². The summed E-state index contributed by atoms with van der Waals surface area (Å²) in [5.41, 5.74) is 1.71. The highest BCUT2D eigenvalue weighted by atomic mass is 35.5. The Morgan fingerprint density at radius 1 is 1.23 bits per heavy atom. The number of rotatable bonds is 6. The van der Waals surface area contributed by atoms with E-state index in [1.165, 1.54) is 0 Å². The zero-order valence-electron chi connectivity index (χ0n) is 17.6. The molecule has 1 amide bonds. The molecule has 1 aliphatic heterocycles. The Kier molecular flexibility index (Phi) is 5.77. The van der Waals surface area contributed by atoms with Gasteiger partial charge in [-0.25, -0.2) is 0 Å². The monoisotopic (exact) mass is 441 g/mol. The van der Waals surface area contributed by atoms with Crippen LogP contribution in [0.25, 0.3) is 11.0 Å². The van der Waals surface area contributed by atoms with Crippen LogP contribution in [0.4, 0.5) is 0 Å². The van der Waals surface area contributed by atoms with Gasteiger partial charge in [0.2, 0.25) is 5.76 Å². The van der Waals surface area contributed by atoms with Crippen LogP contribution in [0, 0.1) is 6.92 Å². The van der Waals surface area contributed by atoms with Crippen LogP contribution in [0.1, 0.15) is 53.6 Å². The maximum absolute atomic E-state index is 13.5. The highest BCUT2D eigenvalue weighted by Gasteiger charge is 2.42. The third kappa shape index (κ3) is 3.93. The molecule has 2 heterocycles. The molecule has 0 spiro atoms. The number of fused-ring (bicyclic) bond motifs is 2. The van der Waals surface area contributed by atoms with Crippen LogP contribution in [0.2, 0.25) is 5.02 Å². The van der Waals surface area contributed by atoms with E-state index in [1.54, 1.807) is 41.3 Å². The second kappa shape index (κ2) is 8.36. The predicted molar refractivity (Wildman–Crippen MR) is 119 cm³/mol. The van der Waals surface area contributed by atoms with Crippen molar-refractivity contribution in [2.24, 2.45) is 0 Å². The topological polar surface area (TPSA) is 80.0 Å². The van der Waals surface area contributed by atoms with Gasteiger partial charge in [-0.05, 0) is 62.6 Å². The highest BCUT2D eigenvalue weighted by Crippen LogP contribution is 2.39. The number of nitrogens with zero attached hydrogens (tertiary/aromatic N) is 1. The van der Waals surface area contributed by atoms with Gasteiger partial charge in [-0.2, -0.15) is 0 Å². The Morgan fingerprint density at radius 2 is 2.00 bits per heavy atom. The van der Waals surface area contributed by atoms with Gasteiger partial charge >= 0.3 is 0 Å². The van der Waals surface area contributed by atoms with E-state index in [4.69, 9.17) is 20.8 Å². The number of aryl methyl sites for hydroxylation is 1. The first-order chi connectivity index (χ1) is 14.8. The second-order valence-corrected chi connectivity index (χ2v) is 8.45. The van der Waals surface area contributed by atoms with Crippen molar-refractivity contribution in [2.45, 2.75) is 39.3 Å². The van der Waals surface area contributed by atoms with Crippen molar-refractivity contribution >= 4 is 28.5 Å². The van der Waals surface area contributed by atoms with Crippen LogP contribution in [-0.4, -0.2) is 35.2 Å². The van der Waals surface area contributed by atoms with Crippen molar-refractivity contribution in [2.75, 3.05) is 13.2 Å². The van der Waals surface area contributed by atoms with Gasteiger partial charge in [0.1, 0.15) is 11.3 Å². The van der Waals surface area contributed by atoms with Crippen LogP contribution in [-0.2, 0) is 4.74 Å². The molecule has 2 aromatic carbocycles. The first kappa shape index (κ1) is 21.4. The Labute approximate surface area is 185 Å². The van der Waals surface area contributed by atoms with E-state index >= 15 is 0 Å². The third-order valence-corrected chi connectivity index (χ3v) is 5.83. The fourth-order valence-corrected chi connectivity index (χ4v) is 4.13. The second-order valence-electron chi connectivity index (χ2n) is 8.04. The fourth-order valence-electron chi connectivity index (χ4n) is 3.97. The number of phenols is 1. The van der Waals surface area contributed by atoms with Gasteiger partial charge < -0.3 is 19.2 Å². The number of hydrogen-bond donors (Lipinski definition) is 1. The molecule has 3 aromatic rings. The van der Waals surface area contributed by atoms with Crippen LogP contribution in [0.3, 0.4) is 0 Å². The number of ether oxygens (including phenoxy) is 1. The zero-order valence-corrected chi connectivity index (χ0v) is 18.4. The van der Waals surface area contributed by atoms with Gasteiger partial charge in [-0.15, -0.1) is 0 Å². The molecule has 0 unspecified atom stereocenters. The lowest BCUT2D eigenvalue weighted by atomic mass is 9.98. The van der Waals surface area contributed by atoms with Crippen molar-refractivity contribution in [1.82, 2.24) is 4.90 Å². The number of aromatic hydroxyl groups is 1. The quantitative estimate of drug-likeness (QED) is 0.554. The third-order valence-electron chi connectivity index (χ3n) is 5.43. The van der Waals surface area contributed by atoms with E-state index in [9.17, 15) is 14.7 Å². The summed E-state index contributed by atoms with van der Waals surface area (Å²) in [5.74, 6) is -0.248. The van der Waals surface area contributed by atoms with Gasteiger partial charge in [0.25, 0.3) is 5.91 Å². The molecule has 0 radical (unpaired) electrons. The van der Waals surface area contributed by atoms with Gasteiger partial charge in [0.15, 0.2) is 5.43 Å². The standard InChI is InChI=1S/C24H24ClNO5/c1-13(2)30-9-5-8-26-21(15-6-4-7-16(27)11-15)20-22(28)17-12-18(25)14(3)10-19(17)31-23(20)24(26)29/h4,6-7,10-13,21,27H,5,8-9H2,1-3H3/t21-/m1/s1. The number of benzene rings is 2. The summed E-state index contributed by atoms with van der Waals surface area (Å²) in [4.78, 5) is 28.4. The average molecular weight is 442 g/mol. The molecule has 6 nitrogen and oxygen atoms in total. The van der Waals surface area contributed by atoms with E-state index in [1.807, 2.05) is 20.8 Å². The van der Waals surface area contributed by atoms with Gasteiger partial charge in [0.05, 0.1) is 23.1 Å². The molecule has 0 fully saturated rings. The molecule has 4 rings (SSSR count). The van der Waals surface area contributed by atoms with Gasteiger partial charge in [0, 0.05) is 18.2 Å². The maximum atomic E-state index is 13.5. The normalized spacial score (nSPS) is 15.8. The van der Waals surface area contributed by atoms with E-state index < -0.39 is 6.04 Å². The Hall–Kier alpha value is -2.83. The predicted octanol–water partition coefficient (Wildman–Crippen LogP) is 4.82. The maximum Gasteiger partial charge on any atom is 0.290 e. The fraction of sp³-hybridized carbons (Fsp3) is 0.333.